The molecule has 3 aliphatic carbocycles. The number of benzene rings is 1. The van der Waals surface area contributed by atoms with E-state index < -0.39 is 0 Å². The fourth-order valence-corrected chi connectivity index (χ4v) is 5.21. The Labute approximate surface area is 173 Å². The van der Waals surface area contributed by atoms with Crippen LogP contribution in [0.25, 0.3) is 0 Å². The molecule has 2 fully saturated rings. The molecule has 0 saturated heterocycles. The molecule has 5 rings (SSSR count). The molecule has 1 aliphatic heterocycles. The first kappa shape index (κ1) is 19.2. The summed E-state index contributed by atoms with van der Waals surface area (Å²) in [6, 6.07) is 3.56. The molecule has 1 aromatic rings. The lowest BCUT2D eigenvalue weighted by Crippen LogP contribution is -2.26. The van der Waals surface area contributed by atoms with Crippen LogP contribution in [0, 0.1) is 18.7 Å². The quantitative estimate of drug-likeness (QED) is 0.588. The number of aryl methyl sites for hydroxylation is 1. The van der Waals surface area contributed by atoms with Gasteiger partial charge in [0.1, 0.15) is 18.3 Å². The van der Waals surface area contributed by atoms with E-state index in [0.29, 0.717) is 24.9 Å². The van der Waals surface area contributed by atoms with Crippen LogP contribution >= 0.6 is 0 Å². The Balaban J connectivity index is 1.51. The van der Waals surface area contributed by atoms with Crippen molar-refractivity contribution >= 4 is 5.69 Å². The third-order valence-corrected chi connectivity index (χ3v) is 6.94. The summed E-state index contributed by atoms with van der Waals surface area (Å²) in [7, 11) is 0. The van der Waals surface area contributed by atoms with Gasteiger partial charge in [-0.3, -0.25) is 0 Å². The Morgan fingerprint density at radius 2 is 1.90 bits per heavy atom. The number of halogens is 1. The van der Waals surface area contributed by atoms with E-state index in [4.69, 9.17) is 9.47 Å². The van der Waals surface area contributed by atoms with Crippen LogP contribution in [0.15, 0.2) is 34.5 Å². The fraction of sp³-hybridized carbons (Fsp3) is 0.600. The number of anilines is 1. The molecule has 0 bridgehead atoms. The zero-order chi connectivity index (χ0) is 20.0. The van der Waals surface area contributed by atoms with Crippen LogP contribution in [-0.4, -0.2) is 19.4 Å². The minimum Gasteiger partial charge on any atom is -0.490 e. The van der Waals surface area contributed by atoms with Crippen molar-refractivity contribution in [3.05, 3.63) is 45.9 Å². The molecule has 2 atom stereocenters. The van der Waals surface area contributed by atoms with E-state index in [9.17, 15) is 0 Å². The van der Waals surface area contributed by atoms with E-state index in [-0.39, 0.29) is 11.9 Å². The smallest absolute Gasteiger partial charge is 0.147 e. The average molecular weight is 398 g/mol. The average Bonchev–Trinajstić information content (AvgIpc) is 3.47. The van der Waals surface area contributed by atoms with Gasteiger partial charge in [0.05, 0.1) is 18.4 Å². The second-order valence-corrected chi connectivity index (χ2v) is 9.37. The lowest BCUT2D eigenvalue weighted by atomic mass is 9.89. The van der Waals surface area contributed by atoms with Crippen LogP contribution in [0.5, 0.6) is 5.75 Å². The van der Waals surface area contributed by atoms with Crippen LogP contribution in [0.2, 0.25) is 0 Å². The molecule has 1 heterocycles. The van der Waals surface area contributed by atoms with Crippen LogP contribution in [0.4, 0.5) is 10.1 Å². The van der Waals surface area contributed by atoms with E-state index in [1.54, 1.807) is 6.07 Å². The number of ether oxygens (including phenoxy) is 2. The maximum Gasteiger partial charge on any atom is 0.147 e. The summed E-state index contributed by atoms with van der Waals surface area (Å²) in [5, 5.41) is 0. The van der Waals surface area contributed by atoms with Crippen molar-refractivity contribution in [1.29, 1.82) is 0 Å². The molecule has 0 aromatic heterocycles. The van der Waals surface area contributed by atoms with Gasteiger partial charge >= 0.3 is 0 Å². The summed E-state index contributed by atoms with van der Waals surface area (Å²) in [4.78, 5) is 2.09. The summed E-state index contributed by atoms with van der Waals surface area (Å²) in [5.41, 5.74) is 7.04. The Morgan fingerprint density at radius 1 is 1.07 bits per heavy atom. The van der Waals surface area contributed by atoms with Crippen molar-refractivity contribution in [2.45, 2.75) is 77.7 Å². The fourth-order valence-electron chi connectivity index (χ4n) is 5.21. The molecule has 1 aromatic carbocycles. The maximum atomic E-state index is 15.2. The number of nitrogens with zero attached hydrogens (tertiary/aromatic N) is 1. The molecule has 0 spiro atoms. The van der Waals surface area contributed by atoms with Gasteiger partial charge in [-0.15, -0.1) is 0 Å². The normalized spacial score (nSPS) is 27.2. The van der Waals surface area contributed by atoms with E-state index in [2.05, 4.69) is 11.8 Å². The molecule has 156 valence electrons. The minimum absolute atomic E-state index is 0.183. The van der Waals surface area contributed by atoms with Crippen molar-refractivity contribution in [3.63, 3.8) is 0 Å². The van der Waals surface area contributed by atoms with E-state index >= 15 is 4.39 Å². The Kier molecular flexibility index (Phi) is 5.15. The van der Waals surface area contributed by atoms with Gasteiger partial charge in [-0.05, 0) is 99.0 Å². The Bertz CT molecular complexity index is 866. The topological polar surface area (TPSA) is 21.7 Å². The Morgan fingerprint density at radius 3 is 2.66 bits per heavy atom. The highest BCUT2D eigenvalue weighted by molar-refractivity contribution is 5.64. The van der Waals surface area contributed by atoms with E-state index in [1.807, 2.05) is 13.0 Å². The monoisotopic (exact) mass is 397 g/mol. The van der Waals surface area contributed by atoms with Crippen LogP contribution in [-0.2, 0) is 4.74 Å². The zero-order valence-electron chi connectivity index (χ0n) is 17.7. The van der Waals surface area contributed by atoms with Gasteiger partial charge in [0.2, 0.25) is 0 Å². The van der Waals surface area contributed by atoms with Gasteiger partial charge in [0.15, 0.2) is 0 Å². The second-order valence-electron chi connectivity index (χ2n) is 9.37. The highest BCUT2D eigenvalue weighted by atomic mass is 19.1. The van der Waals surface area contributed by atoms with Crippen LogP contribution in [0.1, 0.15) is 70.3 Å². The Hall–Kier alpha value is -1.81. The highest BCUT2D eigenvalue weighted by Gasteiger charge is 2.32. The summed E-state index contributed by atoms with van der Waals surface area (Å²) in [5.74, 6) is 1.35. The van der Waals surface area contributed by atoms with Gasteiger partial charge in [0.25, 0.3) is 0 Å². The molecule has 0 radical (unpaired) electrons. The number of allylic oxidation sites excluding steroid dienone is 2. The minimum atomic E-state index is -0.183. The predicted molar refractivity (Wildman–Crippen MR) is 114 cm³/mol. The number of rotatable bonds is 3. The van der Waals surface area contributed by atoms with Crippen LogP contribution < -0.4 is 9.64 Å². The van der Waals surface area contributed by atoms with E-state index in [0.717, 1.165) is 49.8 Å². The molecule has 0 N–H and O–H groups in total. The lowest BCUT2D eigenvalue weighted by Gasteiger charge is -2.29. The zero-order valence-corrected chi connectivity index (χ0v) is 17.7. The first-order valence-corrected chi connectivity index (χ1v) is 11.4. The van der Waals surface area contributed by atoms with Gasteiger partial charge in [-0.1, -0.05) is 6.92 Å². The standard InChI is InChI=1S/C25H32FNO2/c1-16-7-10-20(11-16)29-24-13-23(22(26)12-17(24)2)27-15-28-14-19-5-3-4-6-21(19)25(27)18-8-9-18/h12-13,16,20H,3-11,14-15H2,1-2H3. The van der Waals surface area contributed by atoms with Gasteiger partial charge in [-0.25, -0.2) is 4.39 Å². The summed E-state index contributed by atoms with van der Waals surface area (Å²) >= 11 is 0. The lowest BCUT2D eigenvalue weighted by molar-refractivity contribution is 0.161. The highest BCUT2D eigenvalue weighted by Crippen LogP contribution is 2.45. The molecule has 2 unspecified atom stereocenters. The van der Waals surface area contributed by atoms with Crippen molar-refractivity contribution in [3.8, 4) is 5.75 Å². The van der Waals surface area contributed by atoms with Crippen molar-refractivity contribution < 1.29 is 13.9 Å². The number of hydrogen-bond donors (Lipinski definition) is 0. The largest absolute Gasteiger partial charge is 0.490 e. The van der Waals surface area contributed by atoms with Gasteiger partial charge in [0, 0.05) is 11.8 Å². The summed E-state index contributed by atoms with van der Waals surface area (Å²) < 4.78 is 27.6. The van der Waals surface area contributed by atoms with E-state index in [1.165, 1.54) is 41.7 Å². The van der Waals surface area contributed by atoms with Crippen molar-refractivity contribution in [2.24, 2.45) is 5.92 Å². The van der Waals surface area contributed by atoms with Gasteiger partial charge in [-0.2, -0.15) is 0 Å². The molecule has 29 heavy (non-hydrogen) atoms. The molecular formula is C25H32FNO2. The maximum absolute atomic E-state index is 15.2. The van der Waals surface area contributed by atoms with Crippen LogP contribution in [0.3, 0.4) is 0 Å². The molecule has 4 aliphatic rings. The third kappa shape index (κ3) is 3.84. The third-order valence-electron chi connectivity index (χ3n) is 6.94. The van der Waals surface area contributed by atoms with Gasteiger partial charge < -0.3 is 14.4 Å². The predicted octanol–water partition coefficient (Wildman–Crippen LogP) is 6.41. The summed E-state index contributed by atoms with van der Waals surface area (Å²) in [6.07, 6.45) is 10.5. The number of hydrogen-bond acceptors (Lipinski definition) is 3. The molecular weight excluding hydrogens is 365 g/mol. The first-order chi connectivity index (χ1) is 14.1. The van der Waals surface area contributed by atoms with Crippen molar-refractivity contribution in [2.75, 3.05) is 18.2 Å². The molecule has 3 nitrogen and oxygen atoms in total. The first-order valence-electron chi connectivity index (χ1n) is 11.4. The second kappa shape index (κ2) is 7.79. The molecule has 2 saturated carbocycles. The molecule has 4 heteroatoms. The van der Waals surface area contributed by atoms with Crippen molar-refractivity contribution in [1.82, 2.24) is 0 Å². The molecule has 0 amide bonds. The summed E-state index contributed by atoms with van der Waals surface area (Å²) in [6.45, 7) is 5.32. The SMILES string of the molecule is Cc1cc(F)c(N2COCC3=C(CCCC3)C2=C2CC2)cc1OC1CCC(C)C1.